The van der Waals surface area contributed by atoms with Gasteiger partial charge in [0.1, 0.15) is 24.9 Å². The first-order valence-electron chi connectivity index (χ1n) is 4.82. The van der Waals surface area contributed by atoms with Crippen LogP contribution in [0.5, 0.6) is 0 Å². The normalized spacial score (nSPS) is 26.8. The molecule has 1 aliphatic rings. The molecule has 5 heteroatoms. The Morgan fingerprint density at radius 3 is 2.62 bits per heavy atom. The van der Waals surface area contributed by atoms with Crippen molar-refractivity contribution < 1.29 is 18.6 Å². The Kier molecular flexibility index (Phi) is 3.70. The smallest absolute Gasteiger partial charge is 0.156 e. The molecule has 1 saturated heterocycles. The van der Waals surface area contributed by atoms with Gasteiger partial charge in [0.15, 0.2) is 9.84 Å². The third-order valence-corrected chi connectivity index (χ3v) is 4.21. The van der Waals surface area contributed by atoms with Crippen molar-refractivity contribution >= 4 is 9.84 Å². The Bertz CT molecular complexity index is 249. The van der Waals surface area contributed by atoms with Gasteiger partial charge in [-0.2, -0.15) is 0 Å². The highest BCUT2D eigenvalue weighted by Gasteiger charge is 2.30. The van der Waals surface area contributed by atoms with Gasteiger partial charge in [-0.05, 0) is 0 Å². The lowest BCUT2D eigenvalue weighted by Gasteiger charge is -2.09. The van der Waals surface area contributed by atoms with Gasteiger partial charge in [-0.3, -0.25) is 0 Å². The molecule has 4 nitrogen and oxygen atoms in total. The summed E-state index contributed by atoms with van der Waals surface area (Å²) in [4.78, 5) is 1.41. The average Bonchev–Trinajstić information content (AvgIpc) is 2.29. The lowest BCUT2D eigenvalue weighted by Crippen LogP contribution is -3.10. The SMILES string of the molecule is C[NH+](C)CC[NH2+]C1CCS(=O)(=O)C1. The Labute approximate surface area is 80.2 Å². The monoisotopic (exact) mass is 208 g/mol. The van der Waals surface area contributed by atoms with Crippen molar-refractivity contribution in [3.05, 3.63) is 0 Å². The second-order valence-electron chi connectivity index (χ2n) is 4.14. The van der Waals surface area contributed by atoms with E-state index in [1.165, 1.54) is 4.90 Å². The van der Waals surface area contributed by atoms with Crippen LogP contribution in [0.25, 0.3) is 0 Å². The minimum absolute atomic E-state index is 0.323. The third kappa shape index (κ3) is 4.06. The number of nitrogens with one attached hydrogen (secondary N) is 1. The zero-order chi connectivity index (χ0) is 9.90. The summed E-state index contributed by atoms with van der Waals surface area (Å²) in [5.41, 5.74) is 0. The van der Waals surface area contributed by atoms with Crippen molar-refractivity contribution in [1.29, 1.82) is 0 Å². The summed E-state index contributed by atoms with van der Waals surface area (Å²) >= 11 is 0. The lowest BCUT2D eigenvalue weighted by atomic mass is 10.2. The highest BCUT2D eigenvalue weighted by molar-refractivity contribution is 7.91. The van der Waals surface area contributed by atoms with Crippen LogP contribution in [0.1, 0.15) is 6.42 Å². The van der Waals surface area contributed by atoms with E-state index in [2.05, 4.69) is 19.4 Å². The molecule has 0 aromatic carbocycles. The predicted octanol–water partition coefficient (Wildman–Crippen LogP) is -3.12. The van der Waals surface area contributed by atoms with Crippen LogP contribution in [0.4, 0.5) is 0 Å². The Hall–Kier alpha value is -0.130. The number of sulfone groups is 1. The van der Waals surface area contributed by atoms with Crippen molar-refractivity contribution in [2.75, 3.05) is 38.7 Å². The molecule has 1 heterocycles. The molecule has 1 rings (SSSR count). The number of nitrogens with two attached hydrogens (primary N) is 1. The molecule has 78 valence electrons. The molecular weight excluding hydrogens is 188 g/mol. The van der Waals surface area contributed by atoms with E-state index < -0.39 is 9.84 Å². The van der Waals surface area contributed by atoms with Crippen LogP contribution in [-0.2, 0) is 9.84 Å². The van der Waals surface area contributed by atoms with Crippen LogP contribution in [0.2, 0.25) is 0 Å². The number of rotatable bonds is 4. The predicted molar refractivity (Wildman–Crippen MR) is 51.5 cm³/mol. The first-order valence-corrected chi connectivity index (χ1v) is 6.64. The van der Waals surface area contributed by atoms with Gasteiger partial charge in [-0.15, -0.1) is 0 Å². The van der Waals surface area contributed by atoms with E-state index in [4.69, 9.17) is 0 Å². The highest BCUT2D eigenvalue weighted by atomic mass is 32.2. The van der Waals surface area contributed by atoms with Crippen molar-refractivity contribution in [3.8, 4) is 0 Å². The maximum absolute atomic E-state index is 11.1. The lowest BCUT2D eigenvalue weighted by molar-refractivity contribution is -0.876. The largest absolute Gasteiger partial charge is 0.338 e. The molecule has 0 spiro atoms. The van der Waals surface area contributed by atoms with Crippen LogP contribution in [-0.4, -0.2) is 53.2 Å². The fraction of sp³-hybridized carbons (Fsp3) is 1.00. The number of likely N-dealkylation sites (N-methyl/N-ethyl adjacent to an activating group) is 1. The third-order valence-electron chi connectivity index (χ3n) is 2.41. The fourth-order valence-corrected chi connectivity index (χ4v) is 3.40. The molecule has 0 aromatic rings. The number of hydrogen-bond acceptors (Lipinski definition) is 2. The van der Waals surface area contributed by atoms with E-state index in [-0.39, 0.29) is 0 Å². The average molecular weight is 208 g/mol. The van der Waals surface area contributed by atoms with Crippen LogP contribution < -0.4 is 10.2 Å². The zero-order valence-electron chi connectivity index (χ0n) is 8.41. The molecule has 13 heavy (non-hydrogen) atoms. The van der Waals surface area contributed by atoms with Gasteiger partial charge in [-0.1, -0.05) is 0 Å². The standard InChI is InChI=1S/C8H18N2O2S/c1-10(2)5-4-9-8-3-6-13(11,12)7-8/h8-9H,3-7H2,1-2H3/p+2. The summed E-state index contributed by atoms with van der Waals surface area (Å²) < 4.78 is 22.2. The van der Waals surface area contributed by atoms with E-state index in [9.17, 15) is 8.42 Å². The summed E-state index contributed by atoms with van der Waals surface area (Å²) in [5, 5.41) is 2.18. The van der Waals surface area contributed by atoms with Gasteiger partial charge >= 0.3 is 0 Å². The number of hydrogen-bond donors (Lipinski definition) is 2. The van der Waals surface area contributed by atoms with Crippen molar-refractivity contribution in [1.82, 2.24) is 0 Å². The summed E-state index contributed by atoms with van der Waals surface area (Å²) in [7, 11) is 1.54. The van der Waals surface area contributed by atoms with E-state index in [0.717, 1.165) is 19.5 Å². The summed E-state index contributed by atoms with van der Waals surface area (Å²) in [6.07, 6.45) is 0.838. The second-order valence-corrected chi connectivity index (χ2v) is 6.37. The van der Waals surface area contributed by atoms with E-state index in [1.807, 2.05) is 0 Å². The second kappa shape index (κ2) is 4.39. The quantitative estimate of drug-likeness (QED) is 0.514. The van der Waals surface area contributed by atoms with E-state index in [1.54, 1.807) is 0 Å². The zero-order valence-corrected chi connectivity index (χ0v) is 9.23. The van der Waals surface area contributed by atoms with Crippen LogP contribution >= 0.6 is 0 Å². The molecule has 0 aromatic heterocycles. The topological polar surface area (TPSA) is 55.2 Å². The maximum Gasteiger partial charge on any atom is 0.156 e. The minimum atomic E-state index is -2.68. The summed E-state index contributed by atoms with van der Waals surface area (Å²) in [6, 6.07) is 0.323. The first kappa shape index (κ1) is 10.9. The Morgan fingerprint density at radius 2 is 2.15 bits per heavy atom. The first-order chi connectivity index (χ1) is 5.99. The molecule has 0 aliphatic carbocycles. The molecule has 3 N–H and O–H groups in total. The highest BCUT2D eigenvalue weighted by Crippen LogP contribution is 2.07. The van der Waals surface area contributed by atoms with Crippen LogP contribution in [0, 0.1) is 0 Å². The maximum atomic E-state index is 11.1. The van der Waals surface area contributed by atoms with Crippen molar-refractivity contribution in [3.63, 3.8) is 0 Å². The van der Waals surface area contributed by atoms with E-state index >= 15 is 0 Å². The molecule has 0 amide bonds. The van der Waals surface area contributed by atoms with Gasteiger partial charge < -0.3 is 10.2 Å². The van der Waals surface area contributed by atoms with Gasteiger partial charge in [0, 0.05) is 6.42 Å². The van der Waals surface area contributed by atoms with Gasteiger partial charge in [0.2, 0.25) is 0 Å². The molecule has 0 radical (unpaired) electrons. The minimum Gasteiger partial charge on any atom is -0.338 e. The van der Waals surface area contributed by atoms with E-state index in [0.29, 0.717) is 17.5 Å². The van der Waals surface area contributed by atoms with Gasteiger partial charge in [0.05, 0.1) is 19.8 Å². The molecule has 0 saturated carbocycles. The summed E-state index contributed by atoms with van der Waals surface area (Å²) in [6.45, 7) is 2.12. The Balaban J connectivity index is 2.18. The Morgan fingerprint density at radius 1 is 1.46 bits per heavy atom. The van der Waals surface area contributed by atoms with Crippen LogP contribution in [0.15, 0.2) is 0 Å². The molecule has 0 bridgehead atoms. The van der Waals surface area contributed by atoms with Crippen molar-refractivity contribution in [2.45, 2.75) is 12.5 Å². The number of quaternary nitrogens is 2. The fourth-order valence-electron chi connectivity index (χ4n) is 1.62. The van der Waals surface area contributed by atoms with Gasteiger partial charge in [0.25, 0.3) is 0 Å². The summed E-state index contributed by atoms with van der Waals surface area (Å²) in [5.74, 6) is 0.777. The molecule has 1 atom stereocenters. The van der Waals surface area contributed by atoms with Crippen molar-refractivity contribution in [2.24, 2.45) is 0 Å². The molecular formula is C8H20N2O2S+2. The van der Waals surface area contributed by atoms with Gasteiger partial charge in [-0.25, -0.2) is 8.42 Å². The molecule has 1 fully saturated rings. The van der Waals surface area contributed by atoms with Crippen LogP contribution in [0.3, 0.4) is 0 Å². The molecule has 1 aliphatic heterocycles. The molecule has 1 unspecified atom stereocenters.